The number of carbonyl (C=O) groups is 1. The van der Waals surface area contributed by atoms with Crippen LogP contribution in [0.2, 0.25) is 0 Å². The van der Waals surface area contributed by atoms with E-state index in [4.69, 9.17) is 0 Å². The van der Waals surface area contributed by atoms with Gasteiger partial charge in [-0.2, -0.15) is 0 Å². The Hall–Kier alpha value is -2.21. The average Bonchev–Trinajstić information content (AvgIpc) is 3.01. The summed E-state index contributed by atoms with van der Waals surface area (Å²) in [6, 6.07) is -0.668. The summed E-state index contributed by atoms with van der Waals surface area (Å²) >= 11 is 0. The second kappa shape index (κ2) is 32.7. The fourth-order valence-electron chi connectivity index (χ4n) is 4.48. The van der Waals surface area contributed by atoms with E-state index in [0.717, 1.165) is 64.2 Å². The van der Waals surface area contributed by atoms with Crippen LogP contribution >= 0.6 is 0 Å². The third kappa shape index (κ3) is 29.6. The van der Waals surface area contributed by atoms with Crippen molar-refractivity contribution in [1.82, 2.24) is 5.32 Å². The normalized spacial score (nSPS) is 14.8. The summed E-state index contributed by atoms with van der Waals surface area (Å²) in [6.07, 6.45) is 43.1. The lowest BCUT2D eigenvalue weighted by Gasteiger charge is -2.19. The quantitative estimate of drug-likeness (QED) is 0.0510. The first-order valence-corrected chi connectivity index (χ1v) is 17.2. The molecule has 0 saturated heterocycles. The third-order valence-corrected chi connectivity index (χ3v) is 7.20. The summed E-state index contributed by atoms with van der Waals surface area (Å²) in [7, 11) is 0. The summed E-state index contributed by atoms with van der Waals surface area (Å²) in [4.78, 5) is 12.3. The predicted octanol–water partition coefficient (Wildman–Crippen LogP) is 8.97. The molecule has 43 heavy (non-hydrogen) atoms. The number of hydrogen-bond donors (Lipinski definition) is 4. The van der Waals surface area contributed by atoms with Gasteiger partial charge in [-0.05, 0) is 70.6 Å². The smallest absolute Gasteiger partial charge is 0.220 e. The molecular weight excluding hydrogens is 534 g/mol. The van der Waals surface area contributed by atoms with Crippen LogP contribution in [0.25, 0.3) is 0 Å². The molecule has 5 heteroatoms. The molecule has 0 rings (SSSR count). The van der Waals surface area contributed by atoms with E-state index in [0.29, 0.717) is 6.42 Å². The minimum Gasteiger partial charge on any atom is -0.394 e. The minimum absolute atomic E-state index is 0.141. The summed E-state index contributed by atoms with van der Waals surface area (Å²) in [5.41, 5.74) is 0. The van der Waals surface area contributed by atoms with Crippen molar-refractivity contribution in [2.75, 3.05) is 6.61 Å². The van der Waals surface area contributed by atoms with Gasteiger partial charge in [0, 0.05) is 6.42 Å². The van der Waals surface area contributed by atoms with E-state index >= 15 is 0 Å². The van der Waals surface area contributed by atoms with E-state index in [9.17, 15) is 20.1 Å². The van der Waals surface area contributed by atoms with E-state index in [2.05, 4.69) is 67.8 Å². The molecule has 0 aromatic rings. The Bertz CT molecular complexity index is 796. The second-order valence-electron chi connectivity index (χ2n) is 11.4. The van der Waals surface area contributed by atoms with Crippen LogP contribution in [-0.4, -0.2) is 46.1 Å². The van der Waals surface area contributed by atoms with Crippen LogP contribution in [0.15, 0.2) is 72.9 Å². The van der Waals surface area contributed by atoms with Crippen molar-refractivity contribution < 1.29 is 20.1 Å². The number of amides is 1. The largest absolute Gasteiger partial charge is 0.394 e. The van der Waals surface area contributed by atoms with Crippen molar-refractivity contribution >= 4 is 5.91 Å². The van der Waals surface area contributed by atoms with Gasteiger partial charge >= 0.3 is 0 Å². The first-order valence-electron chi connectivity index (χ1n) is 17.2. The van der Waals surface area contributed by atoms with Crippen molar-refractivity contribution in [2.45, 2.75) is 154 Å². The SMILES string of the molecule is CCC/C=C\CCCCCCCC/C=C/[C@@H](O)[C@H](CO)NC(=O)CCC/C=C\C/C=C\C/C=C\C/C=C\[C@H](O)CCCC. The fraction of sp³-hybridized carbons (Fsp3) is 0.658. The molecule has 0 aromatic heterocycles. The number of hydrogen-bond acceptors (Lipinski definition) is 4. The Morgan fingerprint density at radius 3 is 1.77 bits per heavy atom. The summed E-state index contributed by atoms with van der Waals surface area (Å²) in [5, 5.41) is 32.5. The molecule has 0 fully saturated rings. The van der Waals surface area contributed by atoms with Gasteiger partial charge in [-0.1, -0.05) is 132 Å². The highest BCUT2D eigenvalue weighted by molar-refractivity contribution is 5.76. The summed E-state index contributed by atoms with van der Waals surface area (Å²) < 4.78 is 0. The Morgan fingerprint density at radius 1 is 0.605 bits per heavy atom. The molecule has 0 aliphatic heterocycles. The lowest BCUT2D eigenvalue weighted by atomic mass is 10.1. The van der Waals surface area contributed by atoms with E-state index in [1.165, 1.54) is 51.4 Å². The molecule has 0 heterocycles. The van der Waals surface area contributed by atoms with E-state index in [1.807, 2.05) is 18.2 Å². The Morgan fingerprint density at radius 2 is 1.14 bits per heavy atom. The molecule has 3 atom stereocenters. The molecule has 1 amide bonds. The van der Waals surface area contributed by atoms with Crippen LogP contribution in [-0.2, 0) is 4.79 Å². The molecule has 5 nitrogen and oxygen atoms in total. The van der Waals surface area contributed by atoms with Gasteiger partial charge in [0.15, 0.2) is 0 Å². The van der Waals surface area contributed by atoms with Crippen LogP contribution in [0.5, 0.6) is 0 Å². The van der Waals surface area contributed by atoms with Crippen molar-refractivity contribution in [3.63, 3.8) is 0 Å². The van der Waals surface area contributed by atoms with Gasteiger partial charge in [-0.3, -0.25) is 4.79 Å². The predicted molar refractivity (Wildman–Crippen MR) is 185 cm³/mol. The Labute approximate surface area is 264 Å². The van der Waals surface area contributed by atoms with Gasteiger partial charge in [0.25, 0.3) is 0 Å². The zero-order valence-electron chi connectivity index (χ0n) is 27.6. The summed E-state index contributed by atoms with van der Waals surface area (Å²) in [5.74, 6) is -0.141. The minimum atomic E-state index is -0.879. The number of aliphatic hydroxyl groups excluding tert-OH is 3. The maximum absolute atomic E-state index is 12.3. The van der Waals surface area contributed by atoms with Gasteiger partial charge < -0.3 is 20.6 Å². The number of carbonyl (C=O) groups excluding carboxylic acids is 1. The van der Waals surface area contributed by atoms with E-state index in [1.54, 1.807) is 6.08 Å². The molecule has 0 radical (unpaired) electrons. The molecule has 4 N–H and O–H groups in total. The van der Waals surface area contributed by atoms with Crippen molar-refractivity contribution in [3.05, 3.63) is 72.9 Å². The molecule has 246 valence electrons. The molecule has 0 aliphatic rings. The van der Waals surface area contributed by atoms with Gasteiger partial charge in [0.2, 0.25) is 5.91 Å². The van der Waals surface area contributed by atoms with Crippen molar-refractivity contribution in [3.8, 4) is 0 Å². The molecule has 0 saturated carbocycles. The van der Waals surface area contributed by atoms with Crippen LogP contribution in [0.4, 0.5) is 0 Å². The maximum Gasteiger partial charge on any atom is 0.220 e. The first-order chi connectivity index (χ1) is 21.0. The van der Waals surface area contributed by atoms with E-state index < -0.39 is 12.1 Å². The zero-order chi connectivity index (χ0) is 31.6. The molecule has 0 aromatic carbocycles. The highest BCUT2D eigenvalue weighted by Crippen LogP contribution is 2.10. The van der Waals surface area contributed by atoms with Crippen LogP contribution in [0, 0.1) is 0 Å². The van der Waals surface area contributed by atoms with Crippen molar-refractivity contribution in [2.24, 2.45) is 0 Å². The van der Waals surface area contributed by atoms with Crippen LogP contribution < -0.4 is 5.32 Å². The number of aliphatic hydroxyl groups is 3. The lowest BCUT2D eigenvalue weighted by molar-refractivity contribution is -0.122. The molecule has 0 aliphatic carbocycles. The number of nitrogens with one attached hydrogen (secondary N) is 1. The van der Waals surface area contributed by atoms with E-state index in [-0.39, 0.29) is 18.6 Å². The number of unbranched alkanes of at least 4 members (excludes halogenated alkanes) is 10. The summed E-state index contributed by atoms with van der Waals surface area (Å²) in [6.45, 7) is 4.05. The topological polar surface area (TPSA) is 89.8 Å². The Balaban J connectivity index is 3.86. The van der Waals surface area contributed by atoms with Gasteiger partial charge in [-0.15, -0.1) is 0 Å². The van der Waals surface area contributed by atoms with Crippen LogP contribution in [0.3, 0.4) is 0 Å². The highest BCUT2D eigenvalue weighted by atomic mass is 16.3. The lowest BCUT2D eigenvalue weighted by Crippen LogP contribution is -2.45. The monoisotopic (exact) mass is 599 g/mol. The number of rotatable bonds is 29. The highest BCUT2D eigenvalue weighted by Gasteiger charge is 2.17. The van der Waals surface area contributed by atoms with Crippen LogP contribution in [0.1, 0.15) is 136 Å². The maximum atomic E-state index is 12.3. The van der Waals surface area contributed by atoms with Crippen molar-refractivity contribution in [1.29, 1.82) is 0 Å². The van der Waals surface area contributed by atoms with Gasteiger partial charge in [0.05, 0.1) is 24.9 Å². The molecule has 0 bridgehead atoms. The second-order valence-corrected chi connectivity index (χ2v) is 11.4. The fourth-order valence-corrected chi connectivity index (χ4v) is 4.48. The molecule has 0 spiro atoms. The average molecular weight is 600 g/mol. The third-order valence-electron chi connectivity index (χ3n) is 7.20. The number of allylic oxidation sites excluding steroid dienone is 10. The van der Waals surface area contributed by atoms with Gasteiger partial charge in [0.1, 0.15) is 0 Å². The zero-order valence-corrected chi connectivity index (χ0v) is 27.6. The molecule has 0 unspecified atom stereocenters. The standard InChI is InChI=1S/C38H65NO4/c1-3-5-7-8-9-10-11-12-16-19-22-25-28-32-37(42)36(34-40)39-38(43)33-29-26-23-20-17-14-13-15-18-21-24-27-31-35(41)30-6-4-2/h7-8,13-14,18,20-21,23,27-28,31-32,35-37,40-42H,3-6,9-12,15-17,19,22,24-26,29-30,33-34H2,1-2H3,(H,39,43)/b8-7-,14-13-,21-18-,23-20-,31-27-,32-28+/t35-,36+,37-/m1/s1. The van der Waals surface area contributed by atoms with Gasteiger partial charge in [-0.25, -0.2) is 0 Å². The Kier molecular flexibility index (Phi) is 31.0. The first kappa shape index (κ1) is 40.8. The molecular formula is C38H65NO4.